The number of ketones is 1. The Morgan fingerprint density at radius 2 is 1.39 bits per heavy atom. The van der Waals surface area contributed by atoms with Gasteiger partial charge in [-0.3, -0.25) is 4.79 Å². The van der Waals surface area contributed by atoms with Crippen molar-refractivity contribution in [3.8, 4) is 11.3 Å². The summed E-state index contributed by atoms with van der Waals surface area (Å²) in [5.41, 5.74) is 6.67. The second-order valence-corrected chi connectivity index (χ2v) is 15.0. The van der Waals surface area contributed by atoms with Crippen LogP contribution < -0.4 is 0 Å². The fraction of sp³-hybridized carbons (Fsp3) is 0.455. The largest absolute Gasteiger partial charge is 0.512 e. The van der Waals surface area contributed by atoms with Crippen LogP contribution in [0.5, 0.6) is 0 Å². The Balaban J connectivity index is 0.000000200. The molecule has 1 N–H and O–H groups in total. The van der Waals surface area contributed by atoms with Crippen LogP contribution in [0.2, 0.25) is 0 Å². The van der Waals surface area contributed by atoms with Crippen molar-refractivity contribution in [1.29, 1.82) is 0 Å². The Morgan fingerprint density at radius 1 is 0.735 bits per heavy atom. The van der Waals surface area contributed by atoms with E-state index in [0.29, 0.717) is 17.6 Å². The quantitative estimate of drug-likeness (QED) is 0.105. The van der Waals surface area contributed by atoms with Crippen molar-refractivity contribution in [2.75, 3.05) is 0 Å². The molecule has 4 aliphatic rings. The smallest absolute Gasteiger partial charge is 0.162 e. The number of carbonyl (C=O) groups is 1. The molecule has 5 heteroatoms. The summed E-state index contributed by atoms with van der Waals surface area (Å²) < 4.78 is 6.44. The molecule has 3 aromatic carbocycles. The van der Waals surface area contributed by atoms with E-state index >= 15 is 0 Å². The number of furan rings is 1. The zero-order valence-corrected chi connectivity index (χ0v) is 30.9. The zero-order valence-electron chi connectivity index (χ0n) is 28.5. The number of fused-ring (bicyclic) bond motifs is 4. The normalized spacial score (nSPS) is 19.6. The average Bonchev–Trinajstić information content (AvgIpc) is 3.98. The van der Waals surface area contributed by atoms with Crippen LogP contribution in [0.25, 0.3) is 44.0 Å². The Kier molecular flexibility index (Phi) is 10.7. The molecule has 4 saturated carbocycles. The number of carbonyl (C=O) groups excluding carboxylic acids is 1. The number of nitrogens with zero attached hydrogens (tertiary/aromatic N) is 1. The van der Waals surface area contributed by atoms with E-state index in [4.69, 9.17) is 9.40 Å². The Labute approximate surface area is 304 Å². The average molecular weight is 831 g/mol. The van der Waals surface area contributed by atoms with Crippen molar-refractivity contribution in [3.05, 3.63) is 89.8 Å². The maximum atomic E-state index is 11.8. The number of allylic oxidation sites excluding steroid dienone is 2. The van der Waals surface area contributed by atoms with E-state index in [1.807, 2.05) is 12.3 Å². The van der Waals surface area contributed by atoms with Crippen LogP contribution in [0.1, 0.15) is 126 Å². The van der Waals surface area contributed by atoms with Gasteiger partial charge in [-0.2, -0.15) is 0 Å². The monoisotopic (exact) mass is 831 g/mol. The van der Waals surface area contributed by atoms with Gasteiger partial charge in [0.1, 0.15) is 5.58 Å². The van der Waals surface area contributed by atoms with Crippen molar-refractivity contribution >= 4 is 38.5 Å². The third-order valence-electron chi connectivity index (χ3n) is 11.9. The molecule has 49 heavy (non-hydrogen) atoms. The van der Waals surface area contributed by atoms with E-state index in [9.17, 15) is 9.90 Å². The van der Waals surface area contributed by atoms with Gasteiger partial charge in [0.15, 0.2) is 5.78 Å². The summed E-state index contributed by atoms with van der Waals surface area (Å²) in [7, 11) is 0. The molecule has 0 saturated heterocycles. The number of benzene rings is 3. The van der Waals surface area contributed by atoms with Crippen molar-refractivity contribution in [2.24, 2.45) is 11.8 Å². The van der Waals surface area contributed by atoms with Crippen LogP contribution in [0.15, 0.2) is 77.0 Å². The van der Waals surface area contributed by atoms with Gasteiger partial charge in [0.25, 0.3) is 0 Å². The second-order valence-electron chi connectivity index (χ2n) is 15.0. The number of rotatable bonds is 6. The van der Waals surface area contributed by atoms with Gasteiger partial charge in [0.05, 0.1) is 11.3 Å². The van der Waals surface area contributed by atoms with Gasteiger partial charge < -0.3 is 14.5 Å². The number of aliphatic hydroxyl groups excluding tert-OH is 1. The van der Waals surface area contributed by atoms with Gasteiger partial charge in [-0.05, 0) is 97.4 Å². The molecule has 1 radical (unpaired) electrons. The van der Waals surface area contributed by atoms with E-state index < -0.39 is 0 Å². The Morgan fingerprint density at radius 3 is 2.12 bits per heavy atom. The van der Waals surface area contributed by atoms with Gasteiger partial charge in [-0.15, -0.1) is 17.7 Å². The van der Waals surface area contributed by atoms with Gasteiger partial charge in [-0.25, -0.2) is 0 Å². The predicted molar refractivity (Wildman–Crippen MR) is 195 cm³/mol. The van der Waals surface area contributed by atoms with Crippen molar-refractivity contribution in [1.82, 2.24) is 4.98 Å². The van der Waals surface area contributed by atoms with Crippen molar-refractivity contribution in [3.63, 3.8) is 0 Å². The molecular formula is C44H48IrNO3-. The minimum absolute atomic E-state index is 0. The minimum atomic E-state index is 0. The molecule has 257 valence electrons. The molecule has 0 amide bonds. The summed E-state index contributed by atoms with van der Waals surface area (Å²) in [5.74, 6) is 2.29. The number of hydrogen-bond acceptors (Lipinski definition) is 4. The topological polar surface area (TPSA) is 63.3 Å². The predicted octanol–water partition coefficient (Wildman–Crippen LogP) is 12.3. The molecule has 0 spiro atoms. The van der Waals surface area contributed by atoms with Gasteiger partial charge >= 0.3 is 0 Å². The van der Waals surface area contributed by atoms with Gasteiger partial charge in [-0.1, -0.05) is 98.7 Å². The van der Waals surface area contributed by atoms with E-state index in [1.54, 1.807) is 0 Å². The second kappa shape index (κ2) is 15.3. The first kappa shape index (κ1) is 34.2. The van der Waals surface area contributed by atoms with E-state index in [-0.39, 0.29) is 37.7 Å². The molecule has 4 nitrogen and oxygen atoms in total. The van der Waals surface area contributed by atoms with Crippen LogP contribution in [0.4, 0.5) is 0 Å². The number of aromatic nitrogens is 1. The molecule has 9 rings (SSSR count). The van der Waals surface area contributed by atoms with Crippen LogP contribution in [-0.2, 0) is 24.9 Å². The first-order valence-corrected chi connectivity index (χ1v) is 18.8. The maximum Gasteiger partial charge on any atom is 0.162 e. The molecule has 5 aromatic rings. The third-order valence-corrected chi connectivity index (χ3v) is 11.9. The van der Waals surface area contributed by atoms with E-state index in [0.717, 1.165) is 48.1 Å². The molecular weight excluding hydrogens is 783 g/mol. The first-order valence-electron chi connectivity index (χ1n) is 18.8. The molecule has 0 aliphatic heterocycles. The molecule has 2 aromatic heterocycles. The standard InChI is InChI=1S/C31H28NO.C13H20O2.Ir/c1-2-8-20(7-1)22-13-14-25-23(17-22)15-16-32-30(25)28-19-24(21-9-3-4-10-21)18-27-26-11-5-6-12-29(26)33-31(27)28;14-12(10-5-1-2-6-10)9-13(15)11-7-3-4-8-11;/h5-6,11-18,20-21H,1-4,7-10H2;9-11,14H,1-8H2;/q-1;;/b;12-9-;. The molecule has 0 atom stereocenters. The summed E-state index contributed by atoms with van der Waals surface area (Å²) in [6.45, 7) is 0. The molecule has 2 heterocycles. The van der Waals surface area contributed by atoms with Crippen molar-refractivity contribution in [2.45, 2.75) is 115 Å². The minimum Gasteiger partial charge on any atom is -0.512 e. The van der Waals surface area contributed by atoms with Crippen LogP contribution in [0.3, 0.4) is 0 Å². The number of para-hydroxylation sites is 1. The molecule has 0 unspecified atom stereocenters. The summed E-state index contributed by atoms with van der Waals surface area (Å²) in [6.07, 6.45) is 22.9. The van der Waals surface area contributed by atoms with Crippen LogP contribution in [-0.4, -0.2) is 15.9 Å². The molecule has 4 aliphatic carbocycles. The number of aliphatic hydroxyl groups is 1. The van der Waals surface area contributed by atoms with Crippen LogP contribution in [0, 0.1) is 17.9 Å². The third kappa shape index (κ3) is 7.17. The summed E-state index contributed by atoms with van der Waals surface area (Å²) in [5, 5.41) is 14.7. The Bertz CT molecular complexity index is 1950. The SMILES string of the molecule is O=C(/C=C(\O)C1CCCC1)C1CCCC1.[Ir].[c-]1c(C2CCCC2)cc2c(oc3ccccc32)c1-c1nccc2cc(C3CCCC3)ccc12. The maximum absolute atomic E-state index is 11.8. The Hall–Kier alpha value is -3.27. The summed E-state index contributed by atoms with van der Waals surface area (Å²) in [4.78, 5) is 16.7. The fourth-order valence-electron chi connectivity index (χ4n) is 9.13. The van der Waals surface area contributed by atoms with Gasteiger partial charge in [0.2, 0.25) is 0 Å². The summed E-state index contributed by atoms with van der Waals surface area (Å²) >= 11 is 0. The zero-order chi connectivity index (χ0) is 32.5. The first-order chi connectivity index (χ1) is 23.6. The molecule has 4 fully saturated rings. The summed E-state index contributed by atoms with van der Waals surface area (Å²) in [6, 6.07) is 23.7. The van der Waals surface area contributed by atoms with E-state index in [2.05, 4.69) is 54.6 Å². The van der Waals surface area contributed by atoms with Crippen molar-refractivity contribution < 1.29 is 34.4 Å². The van der Waals surface area contributed by atoms with E-state index in [1.165, 1.54) is 116 Å². The van der Waals surface area contributed by atoms with Gasteiger partial charge in [0, 0.05) is 49.6 Å². The fourth-order valence-corrected chi connectivity index (χ4v) is 9.13. The van der Waals surface area contributed by atoms with Crippen LogP contribution >= 0.6 is 0 Å². The molecule has 0 bridgehead atoms. The number of hydrogen-bond donors (Lipinski definition) is 1. The number of pyridine rings is 1.